The second-order valence-electron chi connectivity index (χ2n) is 5.27. The van der Waals surface area contributed by atoms with Crippen molar-refractivity contribution in [2.45, 2.75) is 51.1 Å². The highest BCUT2D eigenvalue weighted by Crippen LogP contribution is 2.49. The van der Waals surface area contributed by atoms with E-state index < -0.39 is 5.79 Å². The molecule has 0 aromatic heterocycles. The first-order valence-electron chi connectivity index (χ1n) is 5.42. The molecule has 3 fully saturated rings. The normalized spacial score (nSPS) is 49.4. The summed E-state index contributed by atoms with van der Waals surface area (Å²) in [5, 5.41) is 0. The van der Waals surface area contributed by atoms with Crippen molar-refractivity contribution in [1.29, 1.82) is 0 Å². The molecule has 1 heterocycles. The van der Waals surface area contributed by atoms with Crippen LogP contribution >= 0.6 is 0 Å². The standard InChI is InChI=1S/C11H16O3/c1-11(2)13-9-6-3-7(10(9)14-11)5-8(12)4-6/h6-7,9-10H,3-5H2,1-2H3/t6-,7+,9-,10+. The highest BCUT2D eigenvalue weighted by molar-refractivity contribution is 5.80. The molecule has 0 N–H and O–H groups in total. The molecule has 2 bridgehead atoms. The summed E-state index contributed by atoms with van der Waals surface area (Å²) in [6.45, 7) is 3.92. The van der Waals surface area contributed by atoms with Gasteiger partial charge in [0.1, 0.15) is 5.78 Å². The molecule has 14 heavy (non-hydrogen) atoms. The van der Waals surface area contributed by atoms with Gasteiger partial charge in [-0.1, -0.05) is 0 Å². The predicted molar refractivity (Wildman–Crippen MR) is 49.7 cm³/mol. The van der Waals surface area contributed by atoms with Crippen molar-refractivity contribution >= 4 is 5.78 Å². The van der Waals surface area contributed by atoms with Gasteiger partial charge >= 0.3 is 0 Å². The van der Waals surface area contributed by atoms with Gasteiger partial charge in [-0.15, -0.1) is 0 Å². The fourth-order valence-corrected chi connectivity index (χ4v) is 3.27. The zero-order chi connectivity index (χ0) is 9.92. The van der Waals surface area contributed by atoms with Crippen molar-refractivity contribution in [2.75, 3.05) is 0 Å². The number of carbonyl (C=O) groups is 1. The number of ether oxygens (including phenoxy) is 2. The number of carbonyl (C=O) groups excluding carboxylic acids is 1. The third-order valence-electron chi connectivity index (χ3n) is 3.68. The number of ketones is 1. The molecule has 0 aromatic rings. The zero-order valence-electron chi connectivity index (χ0n) is 8.66. The van der Waals surface area contributed by atoms with Crippen molar-refractivity contribution in [3.63, 3.8) is 0 Å². The van der Waals surface area contributed by atoms with Gasteiger partial charge in [0.2, 0.25) is 0 Å². The molecule has 0 radical (unpaired) electrons. The Hall–Kier alpha value is -0.410. The van der Waals surface area contributed by atoms with Crippen LogP contribution in [0, 0.1) is 11.8 Å². The van der Waals surface area contributed by atoms with E-state index in [1.807, 2.05) is 13.8 Å². The van der Waals surface area contributed by atoms with E-state index >= 15 is 0 Å². The van der Waals surface area contributed by atoms with E-state index in [9.17, 15) is 4.79 Å². The molecule has 3 aliphatic rings. The first-order valence-corrected chi connectivity index (χ1v) is 5.42. The van der Waals surface area contributed by atoms with Crippen LogP contribution in [0.2, 0.25) is 0 Å². The molecule has 2 saturated carbocycles. The van der Waals surface area contributed by atoms with Crippen LogP contribution in [0.3, 0.4) is 0 Å². The van der Waals surface area contributed by atoms with E-state index in [1.165, 1.54) is 0 Å². The molecule has 0 unspecified atom stereocenters. The maximum absolute atomic E-state index is 11.4. The topological polar surface area (TPSA) is 35.5 Å². The molecule has 3 rings (SSSR count). The molecule has 1 aliphatic heterocycles. The molecule has 3 nitrogen and oxygen atoms in total. The Kier molecular flexibility index (Phi) is 1.63. The van der Waals surface area contributed by atoms with Gasteiger partial charge in [-0.05, 0) is 32.1 Å². The summed E-state index contributed by atoms with van der Waals surface area (Å²) in [5.74, 6) is 0.804. The van der Waals surface area contributed by atoms with Crippen LogP contribution in [0.1, 0.15) is 33.1 Å². The van der Waals surface area contributed by atoms with Crippen molar-refractivity contribution in [3.8, 4) is 0 Å². The predicted octanol–water partition coefficient (Wildman–Crippen LogP) is 1.51. The average molecular weight is 196 g/mol. The Balaban J connectivity index is 1.87. The van der Waals surface area contributed by atoms with Crippen LogP contribution in [-0.4, -0.2) is 23.8 Å². The third kappa shape index (κ3) is 1.15. The lowest BCUT2D eigenvalue weighted by Crippen LogP contribution is -2.28. The molecular formula is C11H16O3. The molecule has 0 aromatic carbocycles. The lowest BCUT2D eigenvalue weighted by atomic mass is 9.87. The van der Waals surface area contributed by atoms with Gasteiger partial charge in [-0.2, -0.15) is 0 Å². The monoisotopic (exact) mass is 196 g/mol. The van der Waals surface area contributed by atoms with Crippen LogP contribution in [0.15, 0.2) is 0 Å². The fourth-order valence-electron chi connectivity index (χ4n) is 3.27. The zero-order valence-corrected chi connectivity index (χ0v) is 8.66. The van der Waals surface area contributed by atoms with E-state index in [0.717, 1.165) is 6.42 Å². The third-order valence-corrected chi connectivity index (χ3v) is 3.68. The first kappa shape index (κ1) is 8.86. The number of hydrogen-bond donors (Lipinski definition) is 0. The summed E-state index contributed by atoms with van der Waals surface area (Å²) in [5.41, 5.74) is 0. The maximum atomic E-state index is 11.4. The van der Waals surface area contributed by atoms with E-state index in [0.29, 0.717) is 30.5 Å². The second kappa shape index (κ2) is 2.58. The highest BCUT2D eigenvalue weighted by Gasteiger charge is 2.56. The first-order chi connectivity index (χ1) is 6.55. The summed E-state index contributed by atoms with van der Waals surface area (Å²) < 4.78 is 11.7. The van der Waals surface area contributed by atoms with Gasteiger partial charge in [0.15, 0.2) is 5.79 Å². The smallest absolute Gasteiger partial charge is 0.163 e. The Morgan fingerprint density at radius 1 is 1.14 bits per heavy atom. The average Bonchev–Trinajstić information content (AvgIpc) is 2.49. The lowest BCUT2D eigenvalue weighted by molar-refractivity contribution is -0.166. The summed E-state index contributed by atoms with van der Waals surface area (Å²) in [7, 11) is 0. The van der Waals surface area contributed by atoms with Gasteiger partial charge in [0, 0.05) is 12.8 Å². The molecule has 3 heteroatoms. The van der Waals surface area contributed by atoms with E-state index in [-0.39, 0.29) is 12.2 Å². The molecule has 4 atom stereocenters. The van der Waals surface area contributed by atoms with E-state index in [4.69, 9.17) is 9.47 Å². The van der Waals surface area contributed by atoms with Gasteiger partial charge in [-0.25, -0.2) is 0 Å². The number of Topliss-reactive ketones (excluding diaryl/α,β-unsaturated/α-hetero) is 1. The van der Waals surface area contributed by atoms with E-state index in [1.54, 1.807) is 0 Å². The number of fused-ring (bicyclic) bond motifs is 5. The largest absolute Gasteiger partial charge is 0.344 e. The SMILES string of the molecule is CC1(C)O[C@@H]2[C@H]3CC(=O)C[C@H](C3)[C@@H]2O1. The Morgan fingerprint density at radius 3 is 2.14 bits per heavy atom. The van der Waals surface area contributed by atoms with Crippen LogP contribution in [0.4, 0.5) is 0 Å². The second-order valence-corrected chi connectivity index (χ2v) is 5.27. The maximum Gasteiger partial charge on any atom is 0.163 e. The van der Waals surface area contributed by atoms with Crippen LogP contribution in [0.25, 0.3) is 0 Å². The summed E-state index contributed by atoms with van der Waals surface area (Å²) in [6.07, 6.45) is 2.90. The summed E-state index contributed by atoms with van der Waals surface area (Å²) in [6, 6.07) is 0. The summed E-state index contributed by atoms with van der Waals surface area (Å²) in [4.78, 5) is 11.4. The van der Waals surface area contributed by atoms with Crippen molar-refractivity contribution in [2.24, 2.45) is 11.8 Å². The van der Waals surface area contributed by atoms with Crippen molar-refractivity contribution in [1.82, 2.24) is 0 Å². The van der Waals surface area contributed by atoms with Crippen LogP contribution in [0.5, 0.6) is 0 Å². The molecular weight excluding hydrogens is 180 g/mol. The molecule has 2 aliphatic carbocycles. The Morgan fingerprint density at radius 2 is 1.64 bits per heavy atom. The highest BCUT2D eigenvalue weighted by atomic mass is 16.8. The van der Waals surface area contributed by atoms with Gasteiger partial charge < -0.3 is 9.47 Å². The van der Waals surface area contributed by atoms with E-state index in [2.05, 4.69) is 0 Å². The molecule has 1 saturated heterocycles. The summed E-state index contributed by atoms with van der Waals surface area (Å²) >= 11 is 0. The molecule has 0 amide bonds. The van der Waals surface area contributed by atoms with Gasteiger partial charge in [-0.3, -0.25) is 4.79 Å². The quantitative estimate of drug-likeness (QED) is 0.589. The van der Waals surface area contributed by atoms with Gasteiger partial charge in [0.05, 0.1) is 12.2 Å². The minimum Gasteiger partial charge on any atom is -0.344 e. The fraction of sp³-hybridized carbons (Fsp3) is 0.909. The number of rotatable bonds is 0. The minimum atomic E-state index is -0.438. The molecule has 0 spiro atoms. The molecule has 78 valence electrons. The minimum absolute atomic E-state index is 0.182. The van der Waals surface area contributed by atoms with Crippen molar-refractivity contribution in [3.05, 3.63) is 0 Å². The van der Waals surface area contributed by atoms with Gasteiger partial charge in [0.25, 0.3) is 0 Å². The Bertz CT molecular complexity index is 260. The Labute approximate surface area is 83.8 Å². The van der Waals surface area contributed by atoms with Crippen LogP contribution in [-0.2, 0) is 14.3 Å². The van der Waals surface area contributed by atoms with Crippen molar-refractivity contribution < 1.29 is 14.3 Å². The van der Waals surface area contributed by atoms with Crippen LogP contribution < -0.4 is 0 Å². The lowest BCUT2D eigenvalue weighted by Gasteiger charge is -2.25. The number of hydrogen-bond acceptors (Lipinski definition) is 3.